The molecule has 0 spiro atoms. The highest BCUT2D eigenvalue weighted by Crippen LogP contribution is 2.34. The summed E-state index contributed by atoms with van der Waals surface area (Å²) in [6.45, 7) is 2.69. The average molecular weight is 325 g/mol. The van der Waals surface area contributed by atoms with Gasteiger partial charge in [-0.3, -0.25) is 0 Å². The van der Waals surface area contributed by atoms with Crippen molar-refractivity contribution in [2.24, 2.45) is 0 Å². The molecule has 0 atom stereocenters. The van der Waals surface area contributed by atoms with E-state index >= 15 is 0 Å². The van der Waals surface area contributed by atoms with Crippen LogP contribution >= 0.6 is 0 Å². The second-order valence-corrected chi connectivity index (χ2v) is 6.60. The zero-order valence-electron chi connectivity index (χ0n) is 12.0. The van der Waals surface area contributed by atoms with E-state index in [0.717, 1.165) is 12.8 Å². The Kier molecular flexibility index (Phi) is 3.96. The highest BCUT2D eigenvalue weighted by Gasteiger charge is 2.31. The minimum absolute atomic E-state index is 0.281. The molecule has 0 saturated heterocycles. The molecule has 1 aromatic carbocycles. The molecule has 1 heterocycles. The molecule has 3 rings (SSSR count). The van der Waals surface area contributed by atoms with E-state index in [0.29, 0.717) is 17.9 Å². The first-order chi connectivity index (χ1) is 10.5. The van der Waals surface area contributed by atoms with Crippen LogP contribution in [0.2, 0.25) is 0 Å². The van der Waals surface area contributed by atoms with E-state index in [9.17, 15) is 12.3 Å². The first-order valence-corrected chi connectivity index (χ1v) is 8.44. The summed E-state index contributed by atoms with van der Waals surface area (Å²) < 4.78 is 41.7. The average Bonchev–Trinajstić information content (AvgIpc) is 2.91. The summed E-state index contributed by atoms with van der Waals surface area (Å²) in [5.74, 6) is 0. The molecule has 1 aliphatic rings. The monoisotopic (exact) mass is 325 g/mol. The van der Waals surface area contributed by atoms with Crippen molar-refractivity contribution < 1.29 is 17.0 Å². The van der Waals surface area contributed by atoms with Crippen LogP contribution in [0.25, 0.3) is 11.3 Å². The molecule has 0 aliphatic heterocycles. The van der Waals surface area contributed by atoms with Crippen molar-refractivity contribution in [1.82, 2.24) is 15.0 Å². The molecular weight excluding hydrogens is 309 g/mol. The molecule has 8 heteroatoms. The van der Waals surface area contributed by atoms with E-state index < -0.39 is 10.2 Å². The number of hydrogen-bond donors (Lipinski definition) is 0. The summed E-state index contributed by atoms with van der Waals surface area (Å²) in [7, 11) is -4.67. The van der Waals surface area contributed by atoms with Gasteiger partial charge in [0, 0.05) is 12.2 Å². The Bertz CT molecular complexity index is 752. The fourth-order valence-electron chi connectivity index (χ4n) is 2.50. The largest absolute Gasteiger partial charge is 0.378 e. The second kappa shape index (κ2) is 5.77. The number of rotatable bonds is 5. The Hall–Kier alpha value is -1.80. The van der Waals surface area contributed by atoms with E-state index in [1.165, 1.54) is 24.3 Å². The van der Waals surface area contributed by atoms with Crippen LogP contribution in [0.15, 0.2) is 35.4 Å². The van der Waals surface area contributed by atoms with Gasteiger partial charge in [-0.05, 0) is 31.9 Å². The number of hydrogen-bond acceptors (Lipinski definition) is 5. The fourth-order valence-corrected chi connectivity index (χ4v) is 2.96. The Morgan fingerprint density at radius 3 is 2.59 bits per heavy atom. The molecular formula is C14H16FN3O3S. The third-order valence-corrected chi connectivity index (χ3v) is 4.62. The van der Waals surface area contributed by atoms with E-state index in [1.54, 1.807) is 4.68 Å². The van der Waals surface area contributed by atoms with Gasteiger partial charge in [0.05, 0.1) is 23.2 Å². The Morgan fingerprint density at radius 1 is 1.32 bits per heavy atom. The highest BCUT2D eigenvalue weighted by atomic mass is 32.3. The van der Waals surface area contributed by atoms with Gasteiger partial charge in [0.2, 0.25) is 0 Å². The van der Waals surface area contributed by atoms with Gasteiger partial charge in [-0.2, -0.15) is 8.42 Å². The van der Waals surface area contributed by atoms with Gasteiger partial charge in [-0.15, -0.1) is 8.98 Å². The minimum atomic E-state index is -4.67. The minimum Gasteiger partial charge on any atom is -0.378 e. The number of benzene rings is 1. The molecule has 22 heavy (non-hydrogen) atoms. The van der Waals surface area contributed by atoms with Crippen molar-refractivity contribution in [2.45, 2.75) is 36.8 Å². The van der Waals surface area contributed by atoms with Crippen LogP contribution in [0.4, 0.5) is 3.89 Å². The molecule has 0 bridgehead atoms. The lowest BCUT2D eigenvalue weighted by atomic mass is 9.89. The molecule has 0 unspecified atom stereocenters. The molecule has 1 fully saturated rings. The zero-order valence-corrected chi connectivity index (χ0v) is 12.8. The van der Waals surface area contributed by atoms with E-state index in [2.05, 4.69) is 10.3 Å². The van der Waals surface area contributed by atoms with Crippen molar-refractivity contribution in [3.8, 4) is 11.3 Å². The van der Waals surface area contributed by atoms with Crippen molar-refractivity contribution >= 4 is 10.2 Å². The van der Waals surface area contributed by atoms with Gasteiger partial charge < -0.3 is 4.74 Å². The third kappa shape index (κ3) is 3.02. The van der Waals surface area contributed by atoms with Crippen molar-refractivity contribution in [1.29, 1.82) is 0 Å². The maximum atomic E-state index is 12.8. The first kappa shape index (κ1) is 15.1. The van der Waals surface area contributed by atoms with Gasteiger partial charge in [0.25, 0.3) is 0 Å². The quantitative estimate of drug-likeness (QED) is 0.789. The maximum Gasteiger partial charge on any atom is 0.332 e. The van der Waals surface area contributed by atoms with Crippen LogP contribution < -0.4 is 0 Å². The number of ether oxygens (including phenoxy) is 1. The molecule has 6 nitrogen and oxygen atoms in total. The molecule has 118 valence electrons. The third-order valence-electron chi connectivity index (χ3n) is 3.79. The highest BCUT2D eigenvalue weighted by molar-refractivity contribution is 7.86. The van der Waals surface area contributed by atoms with E-state index in [4.69, 9.17) is 4.74 Å². The summed E-state index contributed by atoms with van der Waals surface area (Å²) in [6, 6.07) is 5.76. The number of nitrogens with zero attached hydrogens (tertiary/aromatic N) is 3. The van der Waals surface area contributed by atoms with Crippen molar-refractivity contribution in [2.75, 3.05) is 6.61 Å². The smallest absolute Gasteiger partial charge is 0.332 e. The Balaban J connectivity index is 1.72. The summed E-state index contributed by atoms with van der Waals surface area (Å²) in [5.41, 5.74) is 1.32. The molecule has 1 aromatic heterocycles. The normalized spacial score (nSPS) is 21.5. The second-order valence-electron chi connectivity index (χ2n) is 5.25. The summed E-state index contributed by atoms with van der Waals surface area (Å²) >= 11 is 0. The standard InChI is InChI=1S/C14H16FN3O3S/c1-2-21-12-7-11(8-12)18-9-14(16-17-18)10-3-5-13(6-4-10)22(15,19)20/h3-6,9,11-12H,2,7-8H2,1H3. The van der Waals surface area contributed by atoms with Crippen molar-refractivity contribution in [3.63, 3.8) is 0 Å². The topological polar surface area (TPSA) is 74.1 Å². The lowest BCUT2D eigenvalue weighted by molar-refractivity contribution is -0.0231. The van der Waals surface area contributed by atoms with Gasteiger partial charge in [-0.1, -0.05) is 17.3 Å². The summed E-state index contributed by atoms with van der Waals surface area (Å²) in [6.07, 6.45) is 3.92. The Labute approximate surface area is 128 Å². The van der Waals surface area contributed by atoms with Crippen LogP contribution in [0.3, 0.4) is 0 Å². The lowest BCUT2D eigenvalue weighted by Gasteiger charge is -2.34. The van der Waals surface area contributed by atoms with Crippen LogP contribution in [-0.2, 0) is 15.0 Å². The number of halogens is 1. The van der Waals surface area contributed by atoms with E-state index in [-0.39, 0.29) is 17.0 Å². The van der Waals surface area contributed by atoms with Crippen LogP contribution in [0, 0.1) is 0 Å². The summed E-state index contributed by atoms with van der Waals surface area (Å²) in [5, 5.41) is 8.18. The van der Waals surface area contributed by atoms with Crippen molar-refractivity contribution in [3.05, 3.63) is 30.5 Å². The van der Waals surface area contributed by atoms with Crippen LogP contribution in [0.5, 0.6) is 0 Å². The van der Waals surface area contributed by atoms with Gasteiger partial charge in [0.15, 0.2) is 0 Å². The molecule has 2 aromatic rings. The predicted octanol–water partition coefficient (Wildman–Crippen LogP) is 2.34. The predicted molar refractivity (Wildman–Crippen MR) is 77.4 cm³/mol. The maximum absolute atomic E-state index is 12.8. The zero-order chi connectivity index (χ0) is 15.7. The fraction of sp³-hybridized carbons (Fsp3) is 0.429. The molecule has 0 radical (unpaired) electrons. The molecule has 1 saturated carbocycles. The Morgan fingerprint density at radius 2 is 2.00 bits per heavy atom. The summed E-state index contributed by atoms with van der Waals surface area (Å²) in [4.78, 5) is -0.359. The van der Waals surface area contributed by atoms with Crippen LogP contribution in [-0.4, -0.2) is 36.1 Å². The van der Waals surface area contributed by atoms with Gasteiger partial charge in [0.1, 0.15) is 5.69 Å². The van der Waals surface area contributed by atoms with Crippen LogP contribution in [0.1, 0.15) is 25.8 Å². The first-order valence-electron chi connectivity index (χ1n) is 7.06. The molecule has 0 amide bonds. The SMILES string of the molecule is CCOC1CC(n2cc(-c3ccc(S(=O)(=O)F)cc3)nn2)C1. The lowest BCUT2D eigenvalue weighted by Crippen LogP contribution is -2.33. The van der Waals surface area contributed by atoms with E-state index in [1.807, 2.05) is 13.1 Å². The van der Waals surface area contributed by atoms with Gasteiger partial charge >= 0.3 is 10.2 Å². The molecule has 1 aliphatic carbocycles. The number of aromatic nitrogens is 3. The van der Waals surface area contributed by atoms with Gasteiger partial charge in [-0.25, -0.2) is 4.68 Å². The molecule has 0 N–H and O–H groups in total.